The molecule has 0 aromatic heterocycles. The molecule has 1 aromatic carbocycles. The Morgan fingerprint density at radius 2 is 1.88 bits per heavy atom. The van der Waals surface area contributed by atoms with Crippen LogP contribution in [0, 0.1) is 17.6 Å². The summed E-state index contributed by atoms with van der Waals surface area (Å²) in [6, 6.07) is 2.05. The second-order valence-corrected chi connectivity index (χ2v) is 6.29. The van der Waals surface area contributed by atoms with Gasteiger partial charge in [0.1, 0.15) is 11.6 Å². The fraction of sp³-hybridized carbons (Fsp3) is 0.529. The van der Waals surface area contributed by atoms with Gasteiger partial charge in [0.2, 0.25) is 0 Å². The Morgan fingerprint density at radius 3 is 2.46 bits per heavy atom. The van der Waals surface area contributed by atoms with Crippen LogP contribution in [0.2, 0.25) is 0 Å². The third kappa shape index (κ3) is 4.21. The van der Waals surface area contributed by atoms with Crippen molar-refractivity contribution < 1.29 is 23.5 Å². The number of halogens is 2. The highest BCUT2D eigenvalue weighted by molar-refractivity contribution is 5.75. The van der Waals surface area contributed by atoms with E-state index in [1.54, 1.807) is 6.92 Å². The molecule has 7 heteroatoms. The fourth-order valence-electron chi connectivity index (χ4n) is 2.98. The summed E-state index contributed by atoms with van der Waals surface area (Å²) in [6.45, 7) is 1.62. The normalized spacial score (nSPS) is 21.8. The molecule has 1 aliphatic rings. The molecule has 0 aliphatic heterocycles. The number of benzene rings is 1. The zero-order valence-corrected chi connectivity index (χ0v) is 13.8. The molecule has 132 valence electrons. The number of carboxylic acid groups (broad SMARTS) is 1. The maximum atomic E-state index is 13.8. The molecule has 0 heterocycles. The minimum absolute atomic E-state index is 0.0971. The Balaban J connectivity index is 1.95. The SMILES string of the molecule is CC(c1cc(F)ccc1F)N(C)C(=O)NC1CCC(C(=O)O)CC1. The van der Waals surface area contributed by atoms with Crippen LogP contribution in [0.1, 0.15) is 44.2 Å². The van der Waals surface area contributed by atoms with Crippen molar-refractivity contribution in [3.05, 3.63) is 35.4 Å². The van der Waals surface area contributed by atoms with E-state index in [1.165, 1.54) is 11.9 Å². The maximum absolute atomic E-state index is 13.8. The summed E-state index contributed by atoms with van der Waals surface area (Å²) >= 11 is 0. The largest absolute Gasteiger partial charge is 0.481 e. The molecular weight excluding hydrogens is 318 g/mol. The Bertz CT molecular complexity index is 616. The average molecular weight is 340 g/mol. The third-order valence-corrected chi connectivity index (χ3v) is 4.71. The number of carbonyl (C=O) groups excluding carboxylic acids is 1. The zero-order valence-electron chi connectivity index (χ0n) is 13.8. The standard InChI is InChI=1S/C17H22F2N2O3/c1-10(14-9-12(18)5-8-15(14)19)21(2)17(24)20-13-6-3-11(4-7-13)16(22)23/h5,8-11,13H,3-4,6-7H2,1-2H3,(H,20,24)(H,22,23). The van der Waals surface area contributed by atoms with Gasteiger partial charge in [-0.2, -0.15) is 0 Å². The molecule has 2 rings (SSSR count). The van der Waals surface area contributed by atoms with Crippen molar-refractivity contribution >= 4 is 12.0 Å². The Kier molecular flexibility index (Phi) is 5.75. The van der Waals surface area contributed by atoms with Crippen molar-refractivity contribution in [3.8, 4) is 0 Å². The van der Waals surface area contributed by atoms with Crippen LogP contribution in [0.15, 0.2) is 18.2 Å². The van der Waals surface area contributed by atoms with E-state index in [0.717, 1.165) is 18.2 Å². The molecule has 1 unspecified atom stereocenters. The molecule has 1 fully saturated rings. The van der Waals surface area contributed by atoms with Crippen LogP contribution in [0.4, 0.5) is 13.6 Å². The first kappa shape index (κ1) is 18.2. The quantitative estimate of drug-likeness (QED) is 0.883. The number of amides is 2. The highest BCUT2D eigenvalue weighted by Gasteiger charge is 2.28. The minimum Gasteiger partial charge on any atom is -0.481 e. The van der Waals surface area contributed by atoms with E-state index >= 15 is 0 Å². The first-order chi connectivity index (χ1) is 11.3. The lowest BCUT2D eigenvalue weighted by Crippen LogP contribution is -2.45. The molecule has 1 atom stereocenters. The monoisotopic (exact) mass is 340 g/mol. The number of urea groups is 1. The summed E-state index contributed by atoms with van der Waals surface area (Å²) in [5, 5.41) is 11.8. The average Bonchev–Trinajstić information content (AvgIpc) is 2.56. The van der Waals surface area contributed by atoms with Gasteiger partial charge in [-0.05, 0) is 50.8 Å². The second-order valence-electron chi connectivity index (χ2n) is 6.29. The topological polar surface area (TPSA) is 69.6 Å². The van der Waals surface area contributed by atoms with Gasteiger partial charge in [-0.25, -0.2) is 13.6 Å². The van der Waals surface area contributed by atoms with Crippen LogP contribution < -0.4 is 5.32 Å². The van der Waals surface area contributed by atoms with Crippen LogP contribution in [0.3, 0.4) is 0 Å². The van der Waals surface area contributed by atoms with Crippen molar-refractivity contribution in [1.82, 2.24) is 10.2 Å². The molecular formula is C17H22F2N2O3. The van der Waals surface area contributed by atoms with Crippen molar-refractivity contribution in [1.29, 1.82) is 0 Å². The van der Waals surface area contributed by atoms with Gasteiger partial charge in [0.25, 0.3) is 0 Å². The molecule has 1 aliphatic carbocycles. The number of rotatable bonds is 4. The van der Waals surface area contributed by atoms with E-state index in [9.17, 15) is 18.4 Å². The smallest absolute Gasteiger partial charge is 0.317 e. The van der Waals surface area contributed by atoms with Crippen molar-refractivity contribution in [2.24, 2.45) is 5.92 Å². The van der Waals surface area contributed by atoms with Gasteiger partial charge in [-0.15, -0.1) is 0 Å². The summed E-state index contributed by atoms with van der Waals surface area (Å²) in [5.74, 6) is -2.27. The number of hydrogen-bond acceptors (Lipinski definition) is 2. The number of carboxylic acids is 1. The molecule has 2 N–H and O–H groups in total. The van der Waals surface area contributed by atoms with Crippen molar-refractivity contribution in [3.63, 3.8) is 0 Å². The molecule has 2 amide bonds. The van der Waals surface area contributed by atoms with Crippen LogP contribution in [0.5, 0.6) is 0 Å². The van der Waals surface area contributed by atoms with E-state index in [0.29, 0.717) is 25.7 Å². The number of nitrogens with one attached hydrogen (secondary N) is 1. The van der Waals surface area contributed by atoms with E-state index < -0.39 is 23.6 Å². The van der Waals surface area contributed by atoms with Gasteiger partial charge in [-0.1, -0.05) is 0 Å². The van der Waals surface area contributed by atoms with E-state index in [4.69, 9.17) is 5.11 Å². The van der Waals surface area contributed by atoms with Crippen molar-refractivity contribution in [2.75, 3.05) is 7.05 Å². The molecule has 1 aromatic rings. The first-order valence-electron chi connectivity index (χ1n) is 8.00. The van der Waals surface area contributed by atoms with Crippen molar-refractivity contribution in [2.45, 2.75) is 44.7 Å². The number of hydrogen-bond donors (Lipinski definition) is 2. The molecule has 24 heavy (non-hydrogen) atoms. The Hall–Kier alpha value is -2.18. The van der Waals surface area contributed by atoms with Gasteiger partial charge < -0.3 is 15.3 Å². The Morgan fingerprint density at radius 1 is 1.25 bits per heavy atom. The summed E-state index contributed by atoms with van der Waals surface area (Å²) in [6.07, 6.45) is 2.24. The second kappa shape index (κ2) is 7.59. The highest BCUT2D eigenvalue weighted by Crippen LogP contribution is 2.26. The molecule has 5 nitrogen and oxygen atoms in total. The summed E-state index contributed by atoms with van der Waals surface area (Å²) < 4.78 is 27.2. The Labute approximate surface area is 139 Å². The molecule has 0 saturated heterocycles. The molecule has 1 saturated carbocycles. The zero-order chi connectivity index (χ0) is 17.9. The van der Waals surface area contributed by atoms with Crippen LogP contribution in [-0.4, -0.2) is 35.1 Å². The van der Waals surface area contributed by atoms with Gasteiger partial charge in [0, 0.05) is 18.7 Å². The molecule has 0 spiro atoms. The van der Waals surface area contributed by atoms with Gasteiger partial charge in [0.05, 0.1) is 12.0 Å². The molecule has 0 bridgehead atoms. The van der Waals surface area contributed by atoms with Crippen LogP contribution in [-0.2, 0) is 4.79 Å². The lowest BCUT2D eigenvalue weighted by Gasteiger charge is -2.31. The number of carbonyl (C=O) groups is 2. The lowest BCUT2D eigenvalue weighted by molar-refractivity contribution is -0.142. The van der Waals surface area contributed by atoms with Gasteiger partial charge in [-0.3, -0.25) is 4.79 Å². The predicted molar refractivity (Wildman–Crippen MR) is 84.4 cm³/mol. The number of nitrogens with zero attached hydrogens (tertiary/aromatic N) is 1. The van der Waals surface area contributed by atoms with Crippen LogP contribution >= 0.6 is 0 Å². The maximum Gasteiger partial charge on any atom is 0.317 e. The van der Waals surface area contributed by atoms with E-state index in [2.05, 4.69) is 5.32 Å². The fourth-order valence-corrected chi connectivity index (χ4v) is 2.98. The summed E-state index contributed by atoms with van der Waals surface area (Å²) in [5.41, 5.74) is 0.113. The molecule has 0 radical (unpaired) electrons. The summed E-state index contributed by atoms with van der Waals surface area (Å²) in [4.78, 5) is 24.6. The van der Waals surface area contributed by atoms with E-state index in [-0.39, 0.29) is 23.6 Å². The summed E-state index contributed by atoms with van der Waals surface area (Å²) in [7, 11) is 1.52. The highest BCUT2D eigenvalue weighted by atomic mass is 19.1. The predicted octanol–water partition coefficient (Wildman–Crippen LogP) is 3.31. The first-order valence-corrected chi connectivity index (χ1v) is 8.00. The van der Waals surface area contributed by atoms with Gasteiger partial charge in [0.15, 0.2) is 0 Å². The van der Waals surface area contributed by atoms with Gasteiger partial charge >= 0.3 is 12.0 Å². The minimum atomic E-state index is -0.799. The lowest BCUT2D eigenvalue weighted by atomic mass is 9.86. The third-order valence-electron chi connectivity index (χ3n) is 4.71. The van der Waals surface area contributed by atoms with Crippen LogP contribution in [0.25, 0.3) is 0 Å². The number of aliphatic carboxylic acids is 1. The van der Waals surface area contributed by atoms with E-state index in [1.807, 2.05) is 0 Å².